The van der Waals surface area contributed by atoms with Crippen LogP contribution in [0.4, 0.5) is 5.69 Å². The first-order valence-electron chi connectivity index (χ1n) is 6.81. The largest absolute Gasteiger partial charge is 0.322 e. The Kier molecular flexibility index (Phi) is 4.17. The lowest BCUT2D eigenvalue weighted by Gasteiger charge is -2.06. The molecule has 2 aromatic carbocycles. The molecule has 3 rings (SSSR count). The van der Waals surface area contributed by atoms with Crippen LogP contribution in [-0.4, -0.2) is 10.9 Å². The highest BCUT2D eigenvalue weighted by molar-refractivity contribution is 6.32. The zero-order valence-electron chi connectivity index (χ0n) is 11.7. The van der Waals surface area contributed by atoms with Gasteiger partial charge in [-0.15, -0.1) is 0 Å². The fourth-order valence-electron chi connectivity index (χ4n) is 2.16. The molecule has 0 radical (unpaired) electrons. The van der Waals surface area contributed by atoms with E-state index in [-0.39, 0.29) is 5.91 Å². The second-order valence-corrected chi connectivity index (χ2v) is 5.13. The van der Waals surface area contributed by atoms with E-state index in [4.69, 9.17) is 11.6 Å². The zero-order valence-corrected chi connectivity index (χ0v) is 12.4. The first kappa shape index (κ1) is 14.3. The van der Waals surface area contributed by atoms with Crippen LogP contribution in [0, 0.1) is 0 Å². The van der Waals surface area contributed by atoms with Crippen molar-refractivity contribution in [3.63, 3.8) is 0 Å². The monoisotopic (exact) mass is 308 g/mol. The highest BCUT2D eigenvalue weighted by Gasteiger charge is 2.03. The van der Waals surface area contributed by atoms with Crippen molar-refractivity contribution in [2.75, 3.05) is 5.32 Å². The van der Waals surface area contributed by atoms with Gasteiger partial charge in [0, 0.05) is 22.7 Å². The number of hydrogen-bond acceptors (Lipinski definition) is 2. The normalized spacial score (nSPS) is 11.0. The number of rotatable bonds is 3. The van der Waals surface area contributed by atoms with Crippen LogP contribution in [0.15, 0.2) is 66.9 Å². The maximum atomic E-state index is 12.1. The summed E-state index contributed by atoms with van der Waals surface area (Å²) in [5.41, 5.74) is 2.38. The minimum atomic E-state index is -0.212. The van der Waals surface area contributed by atoms with Crippen molar-refractivity contribution in [2.24, 2.45) is 0 Å². The number of anilines is 1. The van der Waals surface area contributed by atoms with Gasteiger partial charge < -0.3 is 5.32 Å². The number of aromatic nitrogens is 1. The van der Waals surface area contributed by atoms with Crippen LogP contribution in [0.3, 0.4) is 0 Å². The van der Waals surface area contributed by atoms with E-state index in [0.717, 1.165) is 22.2 Å². The molecule has 0 atom stereocenters. The van der Waals surface area contributed by atoms with Crippen molar-refractivity contribution in [3.8, 4) is 0 Å². The SMILES string of the molecule is O=C(/C=C/c1ccccc1Cl)Nc1cccc2ncccc12. The Bertz CT molecular complexity index is 853. The smallest absolute Gasteiger partial charge is 0.248 e. The van der Waals surface area contributed by atoms with E-state index >= 15 is 0 Å². The summed E-state index contributed by atoms with van der Waals surface area (Å²) in [4.78, 5) is 16.3. The molecule has 0 fully saturated rings. The van der Waals surface area contributed by atoms with Crippen LogP contribution in [0.1, 0.15) is 5.56 Å². The molecule has 4 heteroatoms. The van der Waals surface area contributed by atoms with Gasteiger partial charge >= 0.3 is 0 Å². The van der Waals surface area contributed by atoms with Crippen molar-refractivity contribution >= 4 is 40.2 Å². The number of halogens is 1. The fraction of sp³-hybridized carbons (Fsp3) is 0. The molecule has 0 bridgehead atoms. The van der Waals surface area contributed by atoms with Crippen molar-refractivity contribution < 1.29 is 4.79 Å². The Morgan fingerprint density at radius 2 is 1.91 bits per heavy atom. The van der Waals surface area contributed by atoms with Gasteiger partial charge in [-0.25, -0.2) is 0 Å². The maximum absolute atomic E-state index is 12.1. The average molecular weight is 309 g/mol. The minimum absolute atomic E-state index is 0.212. The van der Waals surface area contributed by atoms with Gasteiger partial charge in [-0.1, -0.05) is 35.9 Å². The molecule has 0 spiro atoms. The van der Waals surface area contributed by atoms with Crippen LogP contribution in [0.2, 0.25) is 5.02 Å². The van der Waals surface area contributed by atoms with Gasteiger partial charge in [0.2, 0.25) is 5.91 Å². The van der Waals surface area contributed by atoms with Gasteiger partial charge in [-0.05, 0) is 42.0 Å². The van der Waals surface area contributed by atoms with Gasteiger partial charge in [-0.3, -0.25) is 9.78 Å². The first-order chi connectivity index (χ1) is 10.7. The third kappa shape index (κ3) is 3.15. The van der Waals surface area contributed by atoms with Gasteiger partial charge in [0.1, 0.15) is 0 Å². The van der Waals surface area contributed by atoms with Crippen LogP contribution in [0.25, 0.3) is 17.0 Å². The Balaban J connectivity index is 1.81. The topological polar surface area (TPSA) is 42.0 Å². The number of nitrogens with one attached hydrogen (secondary N) is 1. The standard InChI is InChI=1S/C18H13ClN2O/c19-15-7-2-1-5-13(15)10-11-18(22)21-17-9-3-8-16-14(17)6-4-12-20-16/h1-12H,(H,21,22)/b11-10+. The summed E-state index contributed by atoms with van der Waals surface area (Å²) >= 11 is 6.05. The molecule has 0 saturated carbocycles. The lowest BCUT2D eigenvalue weighted by atomic mass is 10.1. The molecule has 3 nitrogen and oxygen atoms in total. The Labute approximate surface area is 133 Å². The van der Waals surface area contributed by atoms with Crippen molar-refractivity contribution in [2.45, 2.75) is 0 Å². The predicted molar refractivity (Wildman–Crippen MR) is 90.9 cm³/mol. The van der Waals surface area contributed by atoms with E-state index in [1.807, 2.05) is 48.5 Å². The zero-order chi connectivity index (χ0) is 15.4. The summed E-state index contributed by atoms with van der Waals surface area (Å²) in [7, 11) is 0. The fourth-order valence-corrected chi connectivity index (χ4v) is 2.36. The van der Waals surface area contributed by atoms with Crippen molar-refractivity contribution in [1.29, 1.82) is 0 Å². The highest BCUT2D eigenvalue weighted by Crippen LogP contribution is 2.21. The molecular formula is C18H13ClN2O. The molecule has 0 aliphatic carbocycles. The molecule has 1 N–H and O–H groups in total. The lowest BCUT2D eigenvalue weighted by Crippen LogP contribution is -2.08. The number of carbonyl (C=O) groups excluding carboxylic acids is 1. The first-order valence-corrected chi connectivity index (χ1v) is 7.19. The summed E-state index contributed by atoms with van der Waals surface area (Å²) < 4.78 is 0. The molecule has 1 heterocycles. The van der Waals surface area contributed by atoms with E-state index in [0.29, 0.717) is 5.02 Å². The highest BCUT2D eigenvalue weighted by atomic mass is 35.5. The van der Waals surface area contributed by atoms with E-state index < -0.39 is 0 Å². The molecule has 3 aromatic rings. The third-order valence-corrected chi connectivity index (χ3v) is 3.57. The third-order valence-electron chi connectivity index (χ3n) is 3.22. The van der Waals surface area contributed by atoms with E-state index in [2.05, 4.69) is 10.3 Å². The van der Waals surface area contributed by atoms with E-state index in [9.17, 15) is 4.79 Å². The van der Waals surface area contributed by atoms with Crippen LogP contribution in [-0.2, 0) is 4.79 Å². The molecule has 0 unspecified atom stereocenters. The lowest BCUT2D eigenvalue weighted by molar-refractivity contribution is -0.111. The minimum Gasteiger partial charge on any atom is -0.322 e. The predicted octanol–water partition coefficient (Wildman–Crippen LogP) is 4.54. The number of amides is 1. The number of pyridine rings is 1. The molecule has 108 valence electrons. The summed E-state index contributed by atoms with van der Waals surface area (Å²) in [6.07, 6.45) is 4.89. The number of fused-ring (bicyclic) bond motifs is 1. The van der Waals surface area contributed by atoms with Crippen LogP contribution >= 0.6 is 11.6 Å². The molecule has 1 amide bonds. The Morgan fingerprint density at radius 1 is 1.05 bits per heavy atom. The molecule has 0 saturated heterocycles. The molecule has 22 heavy (non-hydrogen) atoms. The van der Waals surface area contributed by atoms with Gasteiger partial charge in [0.15, 0.2) is 0 Å². The summed E-state index contributed by atoms with van der Waals surface area (Å²) in [6, 6.07) is 16.8. The Hall–Kier alpha value is -2.65. The molecule has 0 aliphatic rings. The second kappa shape index (κ2) is 6.41. The summed E-state index contributed by atoms with van der Waals surface area (Å²) in [5, 5.41) is 4.38. The summed E-state index contributed by atoms with van der Waals surface area (Å²) in [6.45, 7) is 0. The second-order valence-electron chi connectivity index (χ2n) is 4.72. The number of hydrogen-bond donors (Lipinski definition) is 1. The van der Waals surface area contributed by atoms with Gasteiger partial charge in [-0.2, -0.15) is 0 Å². The maximum Gasteiger partial charge on any atom is 0.248 e. The van der Waals surface area contributed by atoms with Gasteiger partial charge in [0.25, 0.3) is 0 Å². The number of carbonyl (C=O) groups is 1. The average Bonchev–Trinajstić information content (AvgIpc) is 2.54. The van der Waals surface area contributed by atoms with E-state index in [1.165, 1.54) is 6.08 Å². The summed E-state index contributed by atoms with van der Waals surface area (Å²) in [5.74, 6) is -0.212. The molecular weight excluding hydrogens is 296 g/mol. The quantitative estimate of drug-likeness (QED) is 0.722. The molecule has 0 aliphatic heterocycles. The number of nitrogens with zero attached hydrogens (tertiary/aromatic N) is 1. The Morgan fingerprint density at radius 3 is 2.77 bits per heavy atom. The van der Waals surface area contributed by atoms with E-state index in [1.54, 1.807) is 18.3 Å². The van der Waals surface area contributed by atoms with Gasteiger partial charge in [0.05, 0.1) is 11.2 Å². The van der Waals surface area contributed by atoms with Crippen LogP contribution < -0.4 is 5.32 Å². The van der Waals surface area contributed by atoms with Crippen molar-refractivity contribution in [3.05, 3.63) is 77.5 Å². The van der Waals surface area contributed by atoms with Crippen molar-refractivity contribution in [1.82, 2.24) is 4.98 Å². The molecule has 1 aromatic heterocycles. The van der Waals surface area contributed by atoms with Crippen LogP contribution in [0.5, 0.6) is 0 Å². The number of benzene rings is 2.